The summed E-state index contributed by atoms with van der Waals surface area (Å²) in [7, 11) is -8.94. The van der Waals surface area contributed by atoms with Crippen LogP contribution in [0.4, 0.5) is 26.3 Å². The molecule has 1 unspecified atom stereocenters. The van der Waals surface area contributed by atoms with E-state index in [1.165, 1.54) is 6.07 Å². The number of sulfone groups is 1. The van der Waals surface area contributed by atoms with Crippen LogP contribution in [-0.2, 0) is 32.2 Å². The van der Waals surface area contributed by atoms with E-state index in [0.29, 0.717) is 12.1 Å². The average Bonchev–Trinajstić information content (AvgIpc) is 3.03. The summed E-state index contributed by atoms with van der Waals surface area (Å²) in [6.45, 7) is 0. The fourth-order valence-corrected chi connectivity index (χ4v) is 9.07. The van der Waals surface area contributed by atoms with Crippen LogP contribution in [0.3, 0.4) is 0 Å². The molecule has 0 N–H and O–H groups in total. The summed E-state index contributed by atoms with van der Waals surface area (Å²) >= 11 is 5.58. The maximum Gasteiger partial charge on any atom is 0.417 e. The standard InChI is InChI=1S/C21H18ClF6NO4S2/c22-18-8-7-14(11-17(18)21(26,27)28)35(32,33)29-12-5-6-13(29)10-15(9-12)34(30,31)19-4-2-1-3-16(19)20(23,24)25/h1-4,7-8,11-13,15H,5-6,9-10H2/t12-,13+,15?. The lowest BCUT2D eigenvalue weighted by Gasteiger charge is -2.37. The van der Waals surface area contributed by atoms with Gasteiger partial charge in [0.25, 0.3) is 0 Å². The summed E-state index contributed by atoms with van der Waals surface area (Å²) in [6, 6.07) is 4.20. The fourth-order valence-electron chi connectivity index (χ4n) is 4.86. The molecule has 2 aromatic rings. The number of rotatable bonds is 4. The summed E-state index contributed by atoms with van der Waals surface area (Å²) in [6.07, 6.45) is -9.88. The first-order valence-corrected chi connectivity index (χ1v) is 13.7. The van der Waals surface area contributed by atoms with Gasteiger partial charge in [0, 0.05) is 12.1 Å². The Balaban J connectivity index is 1.67. The van der Waals surface area contributed by atoms with Crippen molar-refractivity contribution in [3.63, 3.8) is 0 Å². The molecular formula is C21H18ClF6NO4S2. The molecule has 2 aliphatic rings. The number of hydrogen-bond donors (Lipinski definition) is 0. The molecule has 2 bridgehead atoms. The smallest absolute Gasteiger partial charge is 0.223 e. The van der Waals surface area contributed by atoms with E-state index in [1.807, 2.05) is 0 Å². The lowest BCUT2D eigenvalue weighted by molar-refractivity contribution is -0.140. The summed E-state index contributed by atoms with van der Waals surface area (Å²) in [4.78, 5) is -1.52. The number of hydrogen-bond acceptors (Lipinski definition) is 4. The molecule has 2 saturated heterocycles. The third-order valence-corrected chi connectivity index (χ3v) is 10.9. The number of benzene rings is 2. The van der Waals surface area contributed by atoms with Gasteiger partial charge in [-0.1, -0.05) is 23.7 Å². The van der Waals surface area contributed by atoms with Crippen LogP contribution in [0, 0.1) is 0 Å². The Kier molecular flexibility index (Phi) is 6.47. The van der Waals surface area contributed by atoms with E-state index in [1.54, 1.807) is 0 Å². The minimum atomic E-state index is -4.91. The molecule has 2 aliphatic heterocycles. The molecule has 0 saturated carbocycles. The van der Waals surface area contributed by atoms with Gasteiger partial charge >= 0.3 is 12.4 Å². The van der Waals surface area contributed by atoms with Gasteiger partial charge in [-0.25, -0.2) is 16.8 Å². The quantitative estimate of drug-likeness (QED) is 0.460. The van der Waals surface area contributed by atoms with E-state index in [0.717, 1.165) is 28.6 Å². The molecule has 0 radical (unpaired) electrons. The van der Waals surface area contributed by atoms with Gasteiger partial charge in [0.1, 0.15) is 0 Å². The highest BCUT2D eigenvalue weighted by Gasteiger charge is 2.51. The zero-order chi connectivity index (χ0) is 26.0. The SMILES string of the molecule is O=S(=O)(c1ccccc1C(F)(F)F)C1C[C@H]2CC[C@@H](C1)N2S(=O)(=O)c1ccc(Cl)c(C(F)(F)F)c1. The van der Waals surface area contributed by atoms with Crippen molar-refractivity contribution in [3.8, 4) is 0 Å². The van der Waals surface area contributed by atoms with Crippen molar-refractivity contribution in [1.29, 1.82) is 0 Å². The van der Waals surface area contributed by atoms with Gasteiger partial charge in [0.05, 0.1) is 31.2 Å². The Hall–Kier alpha value is -1.83. The molecule has 4 rings (SSSR count). The van der Waals surface area contributed by atoms with Crippen molar-refractivity contribution >= 4 is 31.5 Å². The minimum absolute atomic E-state index is 0.233. The third-order valence-electron chi connectivity index (χ3n) is 6.38. The Morgan fingerprint density at radius 2 is 1.34 bits per heavy atom. The minimum Gasteiger partial charge on any atom is -0.223 e. The monoisotopic (exact) mass is 561 g/mol. The first-order valence-electron chi connectivity index (χ1n) is 10.3. The van der Waals surface area contributed by atoms with Gasteiger partial charge < -0.3 is 0 Å². The molecular weight excluding hydrogens is 544 g/mol. The maximum atomic E-state index is 13.4. The molecule has 2 aromatic carbocycles. The van der Waals surface area contributed by atoms with E-state index in [-0.39, 0.29) is 25.7 Å². The van der Waals surface area contributed by atoms with Crippen LogP contribution in [0.5, 0.6) is 0 Å². The normalized spacial score (nSPS) is 24.0. The number of nitrogens with zero attached hydrogens (tertiary/aromatic N) is 1. The Labute approximate surface area is 202 Å². The van der Waals surface area contributed by atoms with Crippen LogP contribution >= 0.6 is 11.6 Å². The average molecular weight is 562 g/mol. The van der Waals surface area contributed by atoms with Crippen LogP contribution < -0.4 is 0 Å². The maximum absolute atomic E-state index is 13.4. The molecule has 3 atom stereocenters. The summed E-state index contributed by atoms with van der Waals surface area (Å²) < 4.78 is 134. The van der Waals surface area contributed by atoms with Gasteiger partial charge in [0.2, 0.25) is 10.0 Å². The van der Waals surface area contributed by atoms with Crippen molar-refractivity contribution in [2.45, 2.75) is 65.2 Å². The highest BCUT2D eigenvalue weighted by atomic mass is 35.5. The Morgan fingerprint density at radius 3 is 1.89 bits per heavy atom. The largest absolute Gasteiger partial charge is 0.417 e. The number of alkyl halides is 6. The Morgan fingerprint density at radius 1 is 0.800 bits per heavy atom. The van der Waals surface area contributed by atoms with Crippen LogP contribution in [0.1, 0.15) is 36.8 Å². The second-order valence-electron chi connectivity index (χ2n) is 8.49. The molecule has 0 aromatic heterocycles. The highest BCUT2D eigenvalue weighted by molar-refractivity contribution is 7.92. The van der Waals surface area contributed by atoms with Gasteiger partial charge in [-0.2, -0.15) is 30.6 Å². The van der Waals surface area contributed by atoms with Gasteiger partial charge in [-0.3, -0.25) is 0 Å². The first-order chi connectivity index (χ1) is 16.0. The fraction of sp³-hybridized carbons (Fsp3) is 0.429. The molecule has 0 spiro atoms. The lowest BCUT2D eigenvalue weighted by atomic mass is 10.1. The second-order valence-corrected chi connectivity index (χ2v) is 12.9. The number of sulfonamides is 1. The molecule has 2 fully saturated rings. The Bertz CT molecular complexity index is 1340. The zero-order valence-corrected chi connectivity index (χ0v) is 20.0. The van der Waals surface area contributed by atoms with Crippen molar-refractivity contribution in [1.82, 2.24) is 4.31 Å². The molecule has 2 heterocycles. The molecule has 0 amide bonds. The number of halogens is 7. The topological polar surface area (TPSA) is 71.5 Å². The van der Waals surface area contributed by atoms with Crippen LogP contribution in [0.2, 0.25) is 5.02 Å². The van der Waals surface area contributed by atoms with Crippen molar-refractivity contribution < 1.29 is 43.2 Å². The van der Waals surface area contributed by atoms with E-state index in [9.17, 15) is 43.2 Å². The zero-order valence-electron chi connectivity index (χ0n) is 17.6. The summed E-state index contributed by atoms with van der Waals surface area (Å²) in [5.41, 5.74) is -2.63. The molecule has 5 nitrogen and oxygen atoms in total. The van der Waals surface area contributed by atoms with Crippen molar-refractivity contribution in [2.75, 3.05) is 0 Å². The predicted octanol–water partition coefficient (Wildman–Crippen LogP) is 5.54. The third kappa shape index (κ3) is 4.67. The van der Waals surface area contributed by atoms with Crippen LogP contribution in [0.15, 0.2) is 52.3 Å². The van der Waals surface area contributed by atoms with E-state index < -0.39 is 75.5 Å². The lowest BCUT2D eigenvalue weighted by Crippen LogP contribution is -2.49. The molecule has 35 heavy (non-hydrogen) atoms. The van der Waals surface area contributed by atoms with Gasteiger partial charge in [0.15, 0.2) is 9.84 Å². The van der Waals surface area contributed by atoms with Crippen LogP contribution in [0.25, 0.3) is 0 Å². The first kappa shape index (κ1) is 26.2. The van der Waals surface area contributed by atoms with E-state index in [4.69, 9.17) is 11.6 Å². The summed E-state index contributed by atoms with van der Waals surface area (Å²) in [5.74, 6) is 0. The van der Waals surface area contributed by atoms with E-state index in [2.05, 4.69) is 0 Å². The molecule has 0 aliphatic carbocycles. The number of fused-ring (bicyclic) bond motifs is 2. The van der Waals surface area contributed by atoms with Crippen LogP contribution in [-0.4, -0.2) is 38.5 Å². The van der Waals surface area contributed by atoms with Gasteiger partial charge in [-0.05, 0) is 56.0 Å². The van der Waals surface area contributed by atoms with E-state index >= 15 is 0 Å². The predicted molar refractivity (Wildman–Crippen MR) is 114 cm³/mol. The highest BCUT2D eigenvalue weighted by Crippen LogP contribution is 2.45. The number of piperidine rings is 1. The van der Waals surface area contributed by atoms with Crippen molar-refractivity contribution in [2.24, 2.45) is 0 Å². The summed E-state index contributed by atoms with van der Waals surface area (Å²) in [5, 5.41) is -1.95. The molecule has 192 valence electrons. The van der Waals surface area contributed by atoms with Gasteiger partial charge in [-0.15, -0.1) is 0 Å². The van der Waals surface area contributed by atoms with Crippen molar-refractivity contribution in [3.05, 3.63) is 58.6 Å². The molecule has 14 heteroatoms. The second kappa shape index (κ2) is 8.63.